The second-order valence-corrected chi connectivity index (χ2v) is 3.69. The summed E-state index contributed by atoms with van der Waals surface area (Å²) in [5, 5.41) is 5.29. The molecule has 0 fully saturated rings. The van der Waals surface area contributed by atoms with E-state index in [1.165, 1.54) is 0 Å². The molecule has 0 atom stereocenters. The topological polar surface area (TPSA) is 17.8 Å². The summed E-state index contributed by atoms with van der Waals surface area (Å²) in [5.74, 6) is 2.63. The molecule has 2 aromatic rings. The van der Waals surface area contributed by atoms with Gasteiger partial charge in [-0.1, -0.05) is 15.9 Å². The maximum Gasteiger partial charge on any atom is 0.118 e. The molecule has 0 aliphatic rings. The Kier molecular flexibility index (Phi) is 1.86. The number of halogens is 1. The highest BCUT2D eigenvalue weighted by molar-refractivity contribution is 9.10. The molecule has 0 N–H and O–H groups in total. The number of aryl methyl sites for hydroxylation is 1. The van der Waals surface area contributed by atoms with Crippen LogP contribution in [-0.2, 0) is 7.05 Å². The lowest BCUT2D eigenvalue weighted by Gasteiger charge is -1.91. The average molecular weight is 235 g/mol. The molecular weight excluding hydrogens is 228 g/mol. The molecule has 1 heterocycles. The molecule has 13 heavy (non-hydrogen) atoms. The summed E-state index contributed by atoms with van der Waals surface area (Å²) in [7, 11) is 1.85. The monoisotopic (exact) mass is 234 g/mol. The summed E-state index contributed by atoms with van der Waals surface area (Å²) in [5.41, 5.74) is 1.75. The van der Waals surface area contributed by atoms with Crippen molar-refractivity contribution in [2.45, 2.75) is 0 Å². The Balaban J connectivity index is 2.91. The van der Waals surface area contributed by atoms with Crippen LogP contribution in [0.1, 0.15) is 5.69 Å². The van der Waals surface area contributed by atoms with Gasteiger partial charge in [-0.05, 0) is 24.1 Å². The third-order valence-electron chi connectivity index (χ3n) is 1.93. The first-order valence-corrected chi connectivity index (χ1v) is 4.60. The van der Waals surface area contributed by atoms with Crippen LogP contribution in [0.15, 0.2) is 22.7 Å². The van der Waals surface area contributed by atoms with E-state index < -0.39 is 0 Å². The van der Waals surface area contributed by atoms with E-state index in [0.717, 1.165) is 21.1 Å². The number of hydrogen-bond acceptors (Lipinski definition) is 1. The van der Waals surface area contributed by atoms with Gasteiger partial charge in [-0.2, -0.15) is 5.10 Å². The maximum absolute atomic E-state index is 5.39. The Morgan fingerprint density at radius 2 is 2.31 bits per heavy atom. The minimum atomic E-state index is 0.816. The molecule has 1 aromatic carbocycles. The third-order valence-corrected chi connectivity index (χ3v) is 2.43. The van der Waals surface area contributed by atoms with Gasteiger partial charge in [-0.25, -0.2) is 0 Å². The number of benzene rings is 1. The quantitative estimate of drug-likeness (QED) is 0.640. The van der Waals surface area contributed by atoms with E-state index in [4.69, 9.17) is 6.42 Å². The van der Waals surface area contributed by atoms with Crippen molar-refractivity contribution in [1.29, 1.82) is 0 Å². The van der Waals surface area contributed by atoms with Crippen molar-refractivity contribution < 1.29 is 0 Å². The highest BCUT2D eigenvalue weighted by atomic mass is 79.9. The molecular formula is C10H7BrN2. The van der Waals surface area contributed by atoms with Crippen LogP contribution in [0, 0.1) is 12.3 Å². The van der Waals surface area contributed by atoms with E-state index in [9.17, 15) is 0 Å². The lowest BCUT2D eigenvalue weighted by molar-refractivity contribution is 0.769. The molecule has 0 spiro atoms. The molecule has 0 saturated heterocycles. The second kappa shape index (κ2) is 2.90. The van der Waals surface area contributed by atoms with Gasteiger partial charge in [0.05, 0.1) is 5.52 Å². The number of hydrogen-bond donors (Lipinski definition) is 0. The van der Waals surface area contributed by atoms with E-state index in [1.807, 2.05) is 25.2 Å². The van der Waals surface area contributed by atoms with E-state index >= 15 is 0 Å². The van der Waals surface area contributed by atoms with Crippen LogP contribution in [0.25, 0.3) is 10.9 Å². The molecule has 0 unspecified atom stereocenters. The van der Waals surface area contributed by atoms with Gasteiger partial charge in [0.1, 0.15) is 5.69 Å². The van der Waals surface area contributed by atoms with Crippen molar-refractivity contribution in [3.63, 3.8) is 0 Å². The van der Waals surface area contributed by atoms with Gasteiger partial charge in [-0.3, -0.25) is 4.68 Å². The van der Waals surface area contributed by atoms with Crippen molar-refractivity contribution in [3.05, 3.63) is 28.4 Å². The smallest absolute Gasteiger partial charge is 0.118 e. The third kappa shape index (κ3) is 1.24. The second-order valence-electron chi connectivity index (χ2n) is 2.78. The Labute approximate surface area is 84.7 Å². The Morgan fingerprint density at radius 1 is 1.54 bits per heavy atom. The normalized spacial score (nSPS) is 10.2. The van der Waals surface area contributed by atoms with E-state index in [2.05, 4.69) is 26.9 Å². The molecule has 0 aliphatic heterocycles. The summed E-state index contributed by atoms with van der Waals surface area (Å²) in [4.78, 5) is 0. The zero-order chi connectivity index (χ0) is 9.42. The van der Waals surface area contributed by atoms with E-state index in [1.54, 1.807) is 4.68 Å². The summed E-state index contributed by atoms with van der Waals surface area (Å²) in [6, 6.07) is 5.88. The number of rotatable bonds is 0. The lowest BCUT2D eigenvalue weighted by atomic mass is 10.2. The van der Waals surface area contributed by atoms with Gasteiger partial charge in [0.2, 0.25) is 0 Å². The van der Waals surface area contributed by atoms with Crippen LogP contribution >= 0.6 is 15.9 Å². The summed E-state index contributed by atoms with van der Waals surface area (Å²) >= 11 is 3.40. The van der Waals surface area contributed by atoms with Crippen molar-refractivity contribution >= 4 is 26.8 Å². The number of nitrogens with zero attached hydrogens (tertiary/aromatic N) is 2. The fourth-order valence-corrected chi connectivity index (χ4v) is 1.70. The minimum Gasteiger partial charge on any atom is -0.259 e. The molecule has 0 aliphatic carbocycles. The Bertz CT molecular complexity index is 505. The van der Waals surface area contributed by atoms with E-state index in [0.29, 0.717) is 0 Å². The molecule has 0 saturated carbocycles. The highest BCUT2D eigenvalue weighted by Gasteiger charge is 2.05. The van der Waals surface area contributed by atoms with Crippen LogP contribution in [0.2, 0.25) is 0 Å². The maximum atomic E-state index is 5.39. The Hall–Kier alpha value is -1.27. The van der Waals surface area contributed by atoms with Gasteiger partial charge in [0.15, 0.2) is 0 Å². The number of aromatic nitrogens is 2. The van der Waals surface area contributed by atoms with Crippen molar-refractivity contribution in [2.75, 3.05) is 0 Å². The van der Waals surface area contributed by atoms with Crippen molar-refractivity contribution in [2.24, 2.45) is 7.05 Å². The van der Waals surface area contributed by atoms with Crippen molar-refractivity contribution in [3.8, 4) is 12.3 Å². The van der Waals surface area contributed by atoms with Crippen LogP contribution in [0.3, 0.4) is 0 Å². The van der Waals surface area contributed by atoms with Gasteiger partial charge >= 0.3 is 0 Å². The highest BCUT2D eigenvalue weighted by Crippen LogP contribution is 2.21. The summed E-state index contributed by atoms with van der Waals surface area (Å²) in [6.07, 6.45) is 5.39. The van der Waals surface area contributed by atoms with Crippen LogP contribution in [0.5, 0.6) is 0 Å². The fourth-order valence-electron chi connectivity index (χ4n) is 1.34. The summed E-state index contributed by atoms with van der Waals surface area (Å²) in [6.45, 7) is 0. The average Bonchev–Trinajstić information content (AvgIpc) is 2.40. The van der Waals surface area contributed by atoms with Crippen molar-refractivity contribution in [1.82, 2.24) is 9.78 Å². The van der Waals surface area contributed by atoms with Crippen LogP contribution in [-0.4, -0.2) is 9.78 Å². The summed E-state index contributed by atoms with van der Waals surface area (Å²) < 4.78 is 2.74. The molecule has 0 amide bonds. The largest absolute Gasteiger partial charge is 0.259 e. The molecule has 1 aromatic heterocycles. The molecule has 2 nitrogen and oxygen atoms in total. The first-order chi connectivity index (χ1) is 6.22. The first-order valence-electron chi connectivity index (χ1n) is 3.81. The van der Waals surface area contributed by atoms with Crippen LogP contribution in [0.4, 0.5) is 0 Å². The zero-order valence-electron chi connectivity index (χ0n) is 7.08. The molecule has 64 valence electrons. The van der Waals surface area contributed by atoms with Gasteiger partial charge in [-0.15, -0.1) is 6.42 Å². The van der Waals surface area contributed by atoms with E-state index in [-0.39, 0.29) is 0 Å². The molecule has 2 rings (SSSR count). The number of terminal acetylenes is 1. The molecule has 3 heteroatoms. The van der Waals surface area contributed by atoms with Crippen LogP contribution < -0.4 is 0 Å². The van der Waals surface area contributed by atoms with Gasteiger partial charge in [0.25, 0.3) is 0 Å². The fraction of sp³-hybridized carbons (Fsp3) is 0.100. The Morgan fingerprint density at radius 3 is 3.00 bits per heavy atom. The molecule has 0 bridgehead atoms. The SMILES string of the molecule is C#Cc1c2cc(Br)ccc2nn1C. The molecule has 0 radical (unpaired) electrons. The zero-order valence-corrected chi connectivity index (χ0v) is 8.67. The van der Waals surface area contributed by atoms with Gasteiger partial charge in [0, 0.05) is 16.9 Å². The van der Waals surface area contributed by atoms with Gasteiger partial charge < -0.3 is 0 Å². The first kappa shape index (κ1) is 8.33. The predicted molar refractivity (Wildman–Crippen MR) is 56.3 cm³/mol. The standard InChI is InChI=1S/C10H7BrN2/c1-3-10-8-6-7(11)4-5-9(8)12-13(10)2/h1,4-6H,2H3. The predicted octanol–water partition coefficient (Wildman–Crippen LogP) is 2.32. The minimum absolute atomic E-state index is 0.816. The number of fused-ring (bicyclic) bond motifs is 1. The lowest BCUT2D eigenvalue weighted by Crippen LogP contribution is -1.92.